The molecule has 3 aromatic rings. The van der Waals surface area contributed by atoms with Crippen molar-refractivity contribution in [2.45, 2.75) is 45.1 Å². The molecule has 1 atom stereocenters. The van der Waals surface area contributed by atoms with Crippen molar-refractivity contribution in [2.75, 3.05) is 12.4 Å². The van der Waals surface area contributed by atoms with E-state index in [0.717, 1.165) is 27.0 Å². The number of benzene rings is 1. The van der Waals surface area contributed by atoms with Crippen LogP contribution in [-0.2, 0) is 0 Å². The van der Waals surface area contributed by atoms with Gasteiger partial charge in [-0.2, -0.15) is 0 Å². The van der Waals surface area contributed by atoms with Gasteiger partial charge in [0.2, 0.25) is 0 Å². The molecule has 6 nitrogen and oxygen atoms in total. The van der Waals surface area contributed by atoms with Crippen molar-refractivity contribution in [2.24, 2.45) is 5.92 Å². The number of carbonyl (C=O) groups excluding carboxylic acids is 1. The molecule has 0 unspecified atom stereocenters. The first-order valence-electron chi connectivity index (χ1n) is 10.2. The summed E-state index contributed by atoms with van der Waals surface area (Å²) >= 11 is 1.65. The van der Waals surface area contributed by atoms with Crippen molar-refractivity contribution in [3.8, 4) is 11.5 Å². The summed E-state index contributed by atoms with van der Waals surface area (Å²) < 4.78 is 6.98. The molecule has 2 heterocycles. The normalized spacial score (nSPS) is 15.8. The van der Waals surface area contributed by atoms with Gasteiger partial charge in [-0.15, -0.1) is 0 Å². The Kier molecular flexibility index (Phi) is 5.94. The summed E-state index contributed by atoms with van der Waals surface area (Å²) in [6, 6.07) is 9.71. The highest BCUT2D eigenvalue weighted by atomic mass is 32.1. The molecule has 0 saturated heterocycles. The Hall–Kier alpha value is -2.67. The van der Waals surface area contributed by atoms with E-state index in [-0.39, 0.29) is 5.91 Å². The highest BCUT2D eigenvalue weighted by Crippen LogP contribution is 2.33. The maximum Gasteiger partial charge on any atom is 0.269 e. The number of thiazole rings is 1. The fourth-order valence-corrected chi connectivity index (χ4v) is 4.81. The topological polar surface area (TPSA) is 76.1 Å². The SMILES string of the molecule is CNC(=O)c1ccc(Oc2ccc3nc(N[C@@H](C)C4CCCCC4)sc3c2)cn1. The molecule has 1 fully saturated rings. The Morgan fingerprint density at radius 2 is 1.97 bits per heavy atom. The highest BCUT2D eigenvalue weighted by Gasteiger charge is 2.20. The van der Waals surface area contributed by atoms with E-state index < -0.39 is 0 Å². The van der Waals surface area contributed by atoms with Crippen LogP contribution in [0.25, 0.3) is 10.2 Å². The fourth-order valence-electron chi connectivity index (χ4n) is 3.82. The van der Waals surface area contributed by atoms with E-state index in [0.29, 0.717) is 17.5 Å². The molecule has 29 heavy (non-hydrogen) atoms. The summed E-state index contributed by atoms with van der Waals surface area (Å²) in [6.45, 7) is 2.27. The Morgan fingerprint density at radius 3 is 2.69 bits per heavy atom. The van der Waals surface area contributed by atoms with Gasteiger partial charge in [0.05, 0.1) is 16.4 Å². The second kappa shape index (κ2) is 8.78. The molecule has 1 amide bonds. The van der Waals surface area contributed by atoms with Crippen LogP contribution in [0.5, 0.6) is 11.5 Å². The van der Waals surface area contributed by atoms with Gasteiger partial charge in [0.25, 0.3) is 5.91 Å². The molecule has 1 aliphatic rings. The Labute approximate surface area is 174 Å². The number of pyridine rings is 1. The number of carbonyl (C=O) groups is 1. The lowest BCUT2D eigenvalue weighted by Crippen LogP contribution is -2.27. The number of ether oxygens (including phenoxy) is 1. The second-order valence-electron chi connectivity index (χ2n) is 7.54. The van der Waals surface area contributed by atoms with E-state index in [4.69, 9.17) is 9.72 Å². The number of hydrogen-bond donors (Lipinski definition) is 2. The van der Waals surface area contributed by atoms with Crippen molar-refractivity contribution >= 4 is 32.6 Å². The van der Waals surface area contributed by atoms with Gasteiger partial charge < -0.3 is 15.4 Å². The minimum absolute atomic E-state index is 0.217. The molecular formula is C22H26N4O2S. The number of aromatic nitrogens is 2. The summed E-state index contributed by atoms with van der Waals surface area (Å²) in [4.78, 5) is 20.4. The van der Waals surface area contributed by atoms with Crippen LogP contribution in [0.4, 0.5) is 5.13 Å². The molecule has 0 spiro atoms. The molecular weight excluding hydrogens is 384 g/mol. The Morgan fingerprint density at radius 1 is 1.17 bits per heavy atom. The number of nitrogens with one attached hydrogen (secondary N) is 2. The maximum atomic E-state index is 11.6. The average molecular weight is 411 g/mol. The molecule has 0 radical (unpaired) electrons. The van der Waals surface area contributed by atoms with Crippen LogP contribution in [0, 0.1) is 5.92 Å². The van der Waals surface area contributed by atoms with E-state index in [2.05, 4.69) is 22.5 Å². The van der Waals surface area contributed by atoms with Crippen LogP contribution in [0.2, 0.25) is 0 Å². The molecule has 0 bridgehead atoms. The first-order valence-corrected chi connectivity index (χ1v) is 11.0. The first-order chi connectivity index (χ1) is 14.1. The average Bonchev–Trinajstić information content (AvgIpc) is 3.15. The molecule has 4 rings (SSSR count). The third-order valence-electron chi connectivity index (χ3n) is 5.50. The van der Waals surface area contributed by atoms with Gasteiger partial charge in [-0.3, -0.25) is 4.79 Å². The van der Waals surface area contributed by atoms with E-state index in [1.807, 2.05) is 18.2 Å². The lowest BCUT2D eigenvalue weighted by Gasteiger charge is -2.28. The predicted octanol–water partition coefficient (Wildman–Crippen LogP) is 5.22. The number of nitrogens with zero attached hydrogens (tertiary/aromatic N) is 2. The van der Waals surface area contributed by atoms with Crippen molar-refractivity contribution in [1.82, 2.24) is 15.3 Å². The quantitative estimate of drug-likeness (QED) is 0.582. The molecule has 1 aliphatic carbocycles. The van der Waals surface area contributed by atoms with Crippen molar-refractivity contribution < 1.29 is 9.53 Å². The van der Waals surface area contributed by atoms with Gasteiger partial charge in [0.15, 0.2) is 5.13 Å². The number of fused-ring (bicyclic) bond motifs is 1. The predicted molar refractivity (Wildman–Crippen MR) is 117 cm³/mol. The molecule has 2 N–H and O–H groups in total. The summed E-state index contributed by atoms with van der Waals surface area (Å²) in [5, 5.41) is 7.13. The summed E-state index contributed by atoms with van der Waals surface area (Å²) in [5.74, 6) is 1.83. The van der Waals surface area contributed by atoms with E-state index in [1.165, 1.54) is 32.1 Å². The smallest absolute Gasteiger partial charge is 0.269 e. The van der Waals surface area contributed by atoms with Gasteiger partial charge in [0.1, 0.15) is 17.2 Å². The molecule has 2 aromatic heterocycles. The molecule has 7 heteroatoms. The largest absolute Gasteiger partial charge is 0.456 e. The minimum atomic E-state index is -0.217. The summed E-state index contributed by atoms with van der Waals surface area (Å²) in [7, 11) is 1.58. The molecule has 1 saturated carbocycles. The van der Waals surface area contributed by atoms with Crippen molar-refractivity contribution in [3.63, 3.8) is 0 Å². The van der Waals surface area contributed by atoms with Crippen molar-refractivity contribution in [3.05, 3.63) is 42.2 Å². The van der Waals surface area contributed by atoms with E-state index in [1.54, 1.807) is 36.7 Å². The van der Waals surface area contributed by atoms with Crippen molar-refractivity contribution in [1.29, 1.82) is 0 Å². The standard InChI is InChI=1S/C22H26N4O2S/c1-14(15-6-4-3-5-7-15)25-22-26-18-10-8-16(12-20(18)29-22)28-17-9-11-19(24-13-17)21(27)23-2/h8-15H,3-7H2,1-2H3,(H,23,27)(H,25,26)/t14-/m0/s1. The van der Waals surface area contributed by atoms with Gasteiger partial charge in [-0.1, -0.05) is 30.6 Å². The van der Waals surface area contributed by atoms with Crippen LogP contribution < -0.4 is 15.4 Å². The first kappa shape index (κ1) is 19.6. The van der Waals surface area contributed by atoms with Gasteiger partial charge in [-0.05, 0) is 49.9 Å². The van der Waals surface area contributed by atoms with Crippen LogP contribution in [0.1, 0.15) is 49.5 Å². The lowest BCUT2D eigenvalue weighted by atomic mass is 9.85. The van der Waals surface area contributed by atoms with Gasteiger partial charge >= 0.3 is 0 Å². The van der Waals surface area contributed by atoms with E-state index in [9.17, 15) is 4.79 Å². The highest BCUT2D eigenvalue weighted by molar-refractivity contribution is 7.22. The molecule has 0 aliphatic heterocycles. The summed E-state index contributed by atoms with van der Waals surface area (Å²) in [5.41, 5.74) is 1.33. The van der Waals surface area contributed by atoms with Crippen LogP contribution in [0.3, 0.4) is 0 Å². The zero-order chi connectivity index (χ0) is 20.2. The zero-order valence-electron chi connectivity index (χ0n) is 16.8. The summed E-state index contributed by atoms with van der Waals surface area (Å²) in [6.07, 6.45) is 8.23. The van der Waals surface area contributed by atoms with E-state index >= 15 is 0 Å². The Bertz CT molecular complexity index is 980. The number of hydrogen-bond acceptors (Lipinski definition) is 6. The number of amides is 1. The monoisotopic (exact) mass is 410 g/mol. The van der Waals surface area contributed by atoms with Crippen LogP contribution >= 0.6 is 11.3 Å². The third kappa shape index (κ3) is 4.67. The molecule has 1 aromatic carbocycles. The lowest BCUT2D eigenvalue weighted by molar-refractivity contribution is 0.0958. The fraction of sp³-hybridized carbons (Fsp3) is 0.409. The molecule has 152 valence electrons. The second-order valence-corrected chi connectivity index (χ2v) is 8.57. The van der Waals surface area contributed by atoms with Crippen LogP contribution in [-0.4, -0.2) is 29.0 Å². The number of rotatable bonds is 6. The Balaban J connectivity index is 1.44. The van der Waals surface area contributed by atoms with Crippen LogP contribution in [0.15, 0.2) is 36.5 Å². The zero-order valence-corrected chi connectivity index (χ0v) is 17.6. The van der Waals surface area contributed by atoms with Gasteiger partial charge in [-0.25, -0.2) is 9.97 Å². The number of anilines is 1. The third-order valence-corrected chi connectivity index (χ3v) is 6.45. The maximum absolute atomic E-state index is 11.6. The minimum Gasteiger partial charge on any atom is -0.456 e. The van der Waals surface area contributed by atoms with Gasteiger partial charge in [0, 0.05) is 19.2 Å².